The number of halogens is 2. The fraction of sp³-hybridized carbons (Fsp3) is 0.625. The Morgan fingerprint density at radius 2 is 1.74 bits per heavy atom. The fourth-order valence-corrected chi connectivity index (χ4v) is 2.47. The number of alkyl halides is 1. The molecule has 0 bridgehead atoms. The molecule has 3 heteroatoms. The smallest absolute Gasteiger partial charge is 0.123 e. The average Bonchev–Trinajstić information content (AvgIpc) is 2.43. The van der Waals surface area contributed by atoms with Gasteiger partial charge in [-0.05, 0) is 24.6 Å². The summed E-state index contributed by atoms with van der Waals surface area (Å²) in [6, 6.07) is 4.69. The molecule has 0 unspecified atom stereocenters. The molecule has 0 amide bonds. The van der Waals surface area contributed by atoms with E-state index in [1.165, 1.54) is 50.7 Å². The molecule has 0 aromatic heterocycles. The maximum atomic E-state index is 13.0. The first-order chi connectivity index (χ1) is 9.27. The minimum Gasteiger partial charge on any atom is -0.493 e. The van der Waals surface area contributed by atoms with E-state index in [1.807, 2.05) is 0 Å². The largest absolute Gasteiger partial charge is 0.493 e. The van der Waals surface area contributed by atoms with Gasteiger partial charge in [0, 0.05) is 10.9 Å². The second-order valence-electron chi connectivity index (χ2n) is 4.86. The molecule has 0 aliphatic carbocycles. The summed E-state index contributed by atoms with van der Waals surface area (Å²) in [7, 11) is 0. The molecular weight excluding hydrogens is 307 g/mol. The molecule has 1 rings (SSSR count). The number of ether oxygens (including phenoxy) is 1. The number of benzene rings is 1. The van der Waals surface area contributed by atoms with Crippen molar-refractivity contribution in [2.45, 2.75) is 57.2 Å². The molecule has 0 saturated carbocycles. The Morgan fingerprint density at radius 1 is 1.05 bits per heavy atom. The standard InChI is InChI=1S/C16H24BrFO/c1-2-3-4-5-6-7-8-11-19-16-10-9-15(18)12-14(16)13-17/h9-10,12H,2-8,11,13H2,1H3. The van der Waals surface area contributed by atoms with E-state index < -0.39 is 0 Å². The maximum absolute atomic E-state index is 13.0. The van der Waals surface area contributed by atoms with Crippen LogP contribution in [0.4, 0.5) is 4.39 Å². The summed E-state index contributed by atoms with van der Waals surface area (Å²) in [5, 5.41) is 0.622. The molecule has 0 aliphatic heterocycles. The van der Waals surface area contributed by atoms with Crippen molar-refractivity contribution in [1.29, 1.82) is 0 Å². The maximum Gasteiger partial charge on any atom is 0.123 e. The van der Waals surface area contributed by atoms with Gasteiger partial charge in [0.05, 0.1) is 6.61 Å². The molecule has 0 N–H and O–H groups in total. The van der Waals surface area contributed by atoms with E-state index in [2.05, 4.69) is 22.9 Å². The summed E-state index contributed by atoms with van der Waals surface area (Å²) >= 11 is 3.35. The third-order valence-corrected chi connectivity index (χ3v) is 3.78. The van der Waals surface area contributed by atoms with Crippen LogP contribution in [0.3, 0.4) is 0 Å². The van der Waals surface area contributed by atoms with Gasteiger partial charge < -0.3 is 4.74 Å². The van der Waals surface area contributed by atoms with E-state index in [4.69, 9.17) is 4.74 Å². The van der Waals surface area contributed by atoms with E-state index in [0.717, 1.165) is 24.3 Å². The van der Waals surface area contributed by atoms with Gasteiger partial charge in [-0.1, -0.05) is 61.4 Å². The van der Waals surface area contributed by atoms with Crippen molar-refractivity contribution in [3.05, 3.63) is 29.6 Å². The lowest BCUT2D eigenvalue weighted by atomic mass is 10.1. The van der Waals surface area contributed by atoms with Gasteiger partial charge in [-0.2, -0.15) is 0 Å². The van der Waals surface area contributed by atoms with Crippen molar-refractivity contribution in [1.82, 2.24) is 0 Å². The van der Waals surface area contributed by atoms with Crippen molar-refractivity contribution in [2.24, 2.45) is 0 Å². The number of hydrogen-bond donors (Lipinski definition) is 0. The van der Waals surface area contributed by atoms with Gasteiger partial charge in [0.25, 0.3) is 0 Å². The van der Waals surface area contributed by atoms with Crippen LogP contribution >= 0.6 is 15.9 Å². The van der Waals surface area contributed by atoms with E-state index in [-0.39, 0.29) is 5.82 Å². The first-order valence-electron chi connectivity index (χ1n) is 7.25. The lowest BCUT2D eigenvalue weighted by Crippen LogP contribution is -2.00. The average molecular weight is 331 g/mol. The molecule has 1 aromatic rings. The lowest BCUT2D eigenvalue weighted by molar-refractivity contribution is 0.302. The van der Waals surface area contributed by atoms with Crippen LogP contribution in [0.5, 0.6) is 5.75 Å². The van der Waals surface area contributed by atoms with Gasteiger partial charge in [-0.3, -0.25) is 0 Å². The highest BCUT2D eigenvalue weighted by molar-refractivity contribution is 9.08. The SMILES string of the molecule is CCCCCCCCCOc1ccc(F)cc1CBr. The predicted molar refractivity (Wildman–Crippen MR) is 82.5 cm³/mol. The quantitative estimate of drug-likeness (QED) is 0.386. The molecule has 0 radical (unpaired) electrons. The molecule has 19 heavy (non-hydrogen) atoms. The molecule has 0 heterocycles. The second kappa shape index (κ2) is 10.2. The zero-order valence-corrected chi connectivity index (χ0v) is 13.3. The molecule has 0 fully saturated rings. The Labute approximate surface area is 124 Å². The van der Waals surface area contributed by atoms with Crippen molar-refractivity contribution >= 4 is 15.9 Å². The normalized spacial score (nSPS) is 10.7. The van der Waals surface area contributed by atoms with E-state index in [0.29, 0.717) is 5.33 Å². The van der Waals surface area contributed by atoms with Gasteiger partial charge in [0.1, 0.15) is 11.6 Å². The van der Waals surface area contributed by atoms with Crippen LogP contribution in [0.1, 0.15) is 57.4 Å². The van der Waals surface area contributed by atoms with Gasteiger partial charge in [-0.15, -0.1) is 0 Å². The van der Waals surface area contributed by atoms with Crippen LogP contribution in [0.25, 0.3) is 0 Å². The number of hydrogen-bond acceptors (Lipinski definition) is 1. The monoisotopic (exact) mass is 330 g/mol. The van der Waals surface area contributed by atoms with Crippen LogP contribution in [0, 0.1) is 5.82 Å². The van der Waals surface area contributed by atoms with Crippen LogP contribution in [0.2, 0.25) is 0 Å². The summed E-state index contributed by atoms with van der Waals surface area (Å²) in [6.45, 7) is 2.96. The highest BCUT2D eigenvalue weighted by atomic mass is 79.9. The summed E-state index contributed by atoms with van der Waals surface area (Å²) in [5.41, 5.74) is 0.878. The molecule has 108 valence electrons. The first kappa shape index (κ1) is 16.5. The predicted octanol–water partition coefficient (Wildman–Crippen LogP) is 5.85. The van der Waals surface area contributed by atoms with E-state index >= 15 is 0 Å². The molecule has 1 nitrogen and oxygen atoms in total. The van der Waals surface area contributed by atoms with Crippen LogP contribution < -0.4 is 4.74 Å². The van der Waals surface area contributed by atoms with Crippen LogP contribution in [0.15, 0.2) is 18.2 Å². The molecule has 1 aromatic carbocycles. The van der Waals surface area contributed by atoms with Crippen molar-refractivity contribution in [3.8, 4) is 5.75 Å². The van der Waals surface area contributed by atoms with Crippen LogP contribution in [-0.4, -0.2) is 6.61 Å². The Bertz CT molecular complexity index is 355. The minimum atomic E-state index is -0.210. The summed E-state index contributed by atoms with van der Waals surface area (Å²) < 4.78 is 18.8. The third-order valence-electron chi connectivity index (χ3n) is 3.17. The molecular formula is C16H24BrFO. The molecule has 0 spiro atoms. The molecule has 0 saturated heterocycles. The Kier molecular flexibility index (Phi) is 8.89. The fourth-order valence-electron chi connectivity index (χ4n) is 2.03. The van der Waals surface area contributed by atoms with Crippen molar-refractivity contribution in [3.63, 3.8) is 0 Å². The zero-order valence-electron chi connectivity index (χ0n) is 11.8. The summed E-state index contributed by atoms with van der Waals surface area (Å²) in [5.74, 6) is 0.585. The molecule has 0 atom stereocenters. The van der Waals surface area contributed by atoms with Crippen molar-refractivity contribution in [2.75, 3.05) is 6.61 Å². The van der Waals surface area contributed by atoms with E-state index in [1.54, 1.807) is 6.07 Å². The summed E-state index contributed by atoms with van der Waals surface area (Å²) in [4.78, 5) is 0. The van der Waals surface area contributed by atoms with Gasteiger partial charge in [0.2, 0.25) is 0 Å². The first-order valence-corrected chi connectivity index (χ1v) is 8.37. The Hall–Kier alpha value is -0.570. The van der Waals surface area contributed by atoms with Gasteiger partial charge in [0.15, 0.2) is 0 Å². The Balaban J connectivity index is 2.15. The van der Waals surface area contributed by atoms with Gasteiger partial charge >= 0.3 is 0 Å². The summed E-state index contributed by atoms with van der Waals surface area (Å²) in [6.07, 6.45) is 8.90. The number of unbranched alkanes of at least 4 members (excludes halogenated alkanes) is 6. The number of rotatable bonds is 10. The Morgan fingerprint density at radius 3 is 2.42 bits per heavy atom. The lowest BCUT2D eigenvalue weighted by Gasteiger charge is -2.10. The topological polar surface area (TPSA) is 9.23 Å². The van der Waals surface area contributed by atoms with E-state index in [9.17, 15) is 4.39 Å². The zero-order chi connectivity index (χ0) is 13.9. The highest BCUT2D eigenvalue weighted by Crippen LogP contribution is 2.22. The second-order valence-corrected chi connectivity index (χ2v) is 5.42. The van der Waals surface area contributed by atoms with Crippen LogP contribution in [-0.2, 0) is 5.33 Å². The third kappa shape index (κ3) is 6.95. The van der Waals surface area contributed by atoms with Crippen molar-refractivity contribution < 1.29 is 9.13 Å². The minimum absolute atomic E-state index is 0.210. The molecule has 0 aliphatic rings. The highest BCUT2D eigenvalue weighted by Gasteiger charge is 2.04. The van der Waals surface area contributed by atoms with Gasteiger partial charge in [-0.25, -0.2) is 4.39 Å².